The predicted molar refractivity (Wildman–Crippen MR) is 145 cm³/mol. The van der Waals surface area contributed by atoms with Gasteiger partial charge in [0.05, 0.1) is 18.7 Å². The third-order valence-electron chi connectivity index (χ3n) is 6.45. The van der Waals surface area contributed by atoms with Gasteiger partial charge in [0.1, 0.15) is 11.6 Å². The Bertz CT molecular complexity index is 1420. The van der Waals surface area contributed by atoms with Gasteiger partial charge in [-0.2, -0.15) is 0 Å². The van der Waals surface area contributed by atoms with Gasteiger partial charge in [-0.05, 0) is 43.2 Å². The Labute approximate surface area is 220 Å². The second-order valence-corrected chi connectivity index (χ2v) is 9.11. The lowest BCUT2D eigenvalue weighted by molar-refractivity contribution is -0.120. The molecule has 1 unspecified atom stereocenters. The summed E-state index contributed by atoms with van der Waals surface area (Å²) in [5, 5.41) is 14.6. The van der Waals surface area contributed by atoms with Gasteiger partial charge in [0, 0.05) is 43.7 Å². The molecular formula is C28H29N7O3. The minimum Gasteiger partial charge on any atom is -0.495 e. The van der Waals surface area contributed by atoms with Crippen LogP contribution in [0.5, 0.6) is 5.75 Å². The Morgan fingerprint density at radius 2 is 1.79 bits per heavy atom. The number of piperidine rings is 1. The van der Waals surface area contributed by atoms with Crippen LogP contribution in [0.15, 0.2) is 73.1 Å². The van der Waals surface area contributed by atoms with E-state index >= 15 is 0 Å². The van der Waals surface area contributed by atoms with Gasteiger partial charge in [-0.15, -0.1) is 10.2 Å². The van der Waals surface area contributed by atoms with Crippen LogP contribution in [0.25, 0.3) is 17.2 Å². The first-order chi connectivity index (χ1) is 18.5. The number of imidazole rings is 1. The average molecular weight is 512 g/mol. The van der Waals surface area contributed by atoms with Crippen molar-refractivity contribution in [1.29, 1.82) is 0 Å². The van der Waals surface area contributed by atoms with Crippen LogP contribution in [-0.2, 0) is 9.59 Å². The van der Waals surface area contributed by atoms with Crippen molar-refractivity contribution in [3.63, 3.8) is 0 Å². The lowest BCUT2D eigenvalue weighted by Crippen LogP contribution is -2.41. The normalized spacial score (nSPS) is 15.1. The molecule has 0 spiro atoms. The zero-order chi connectivity index (χ0) is 26.5. The van der Waals surface area contributed by atoms with E-state index in [9.17, 15) is 9.59 Å². The highest BCUT2D eigenvalue weighted by molar-refractivity contribution is 5.96. The number of methoxy groups -OCH3 is 1. The predicted octanol–water partition coefficient (Wildman–Crippen LogP) is 4.15. The summed E-state index contributed by atoms with van der Waals surface area (Å²) in [5.41, 5.74) is 2.09. The first kappa shape index (κ1) is 24.9. The molecular weight excluding hydrogens is 482 g/mol. The van der Waals surface area contributed by atoms with E-state index in [2.05, 4.69) is 30.7 Å². The largest absolute Gasteiger partial charge is 0.495 e. The van der Waals surface area contributed by atoms with Crippen molar-refractivity contribution < 1.29 is 14.3 Å². The third kappa shape index (κ3) is 5.49. The number of hydrogen-bond donors (Lipinski definition) is 2. The number of carbonyl (C=O) groups is 2. The Morgan fingerprint density at radius 1 is 1.00 bits per heavy atom. The molecule has 10 heteroatoms. The summed E-state index contributed by atoms with van der Waals surface area (Å²) in [4.78, 5) is 31.2. The summed E-state index contributed by atoms with van der Waals surface area (Å²) >= 11 is 0. The number of hydrogen-bond acceptors (Lipinski definition) is 7. The van der Waals surface area contributed by atoms with Gasteiger partial charge in [-0.3, -0.25) is 14.2 Å². The SMILES string of the molecule is COc1ccc(NC(C)=O)cc1NC(=O)C1CCCN(c2ccc(-n3ccnc3-c3ccccc3)nn2)C1. The first-order valence-corrected chi connectivity index (χ1v) is 12.5. The van der Waals surface area contributed by atoms with Gasteiger partial charge in [0.15, 0.2) is 11.6 Å². The Morgan fingerprint density at radius 3 is 2.53 bits per heavy atom. The summed E-state index contributed by atoms with van der Waals surface area (Å²) in [5.74, 6) is 2.17. The topological polar surface area (TPSA) is 114 Å². The zero-order valence-electron chi connectivity index (χ0n) is 21.3. The standard InChI is InChI=1S/C28H29N7O3/c1-19(36)30-22-10-11-24(38-2)23(17-22)31-28(37)21-9-6-15-34(18-21)25-12-13-26(33-32-25)35-16-14-29-27(35)20-7-4-3-5-8-20/h3-5,7-8,10-14,16-17,21H,6,9,15,18H2,1-2H3,(H,30,36)(H,31,37). The number of ether oxygens (including phenoxy) is 1. The van der Waals surface area contributed by atoms with Crippen LogP contribution in [0, 0.1) is 5.92 Å². The van der Waals surface area contributed by atoms with E-state index in [1.807, 2.05) is 53.2 Å². The summed E-state index contributed by atoms with van der Waals surface area (Å²) in [6.07, 6.45) is 5.22. The van der Waals surface area contributed by atoms with E-state index in [0.29, 0.717) is 29.5 Å². The van der Waals surface area contributed by atoms with Crippen LogP contribution in [-0.4, -0.2) is 51.8 Å². The van der Waals surface area contributed by atoms with Gasteiger partial charge < -0.3 is 20.3 Å². The molecule has 1 aliphatic rings. The number of anilines is 3. The maximum atomic E-state index is 13.2. The van der Waals surface area contributed by atoms with Crippen molar-refractivity contribution in [2.75, 3.05) is 35.7 Å². The van der Waals surface area contributed by atoms with Gasteiger partial charge in [0.2, 0.25) is 11.8 Å². The van der Waals surface area contributed by atoms with Crippen LogP contribution >= 0.6 is 0 Å². The summed E-state index contributed by atoms with van der Waals surface area (Å²) in [6, 6.07) is 18.9. The monoisotopic (exact) mass is 511 g/mol. The maximum absolute atomic E-state index is 13.2. The molecule has 10 nitrogen and oxygen atoms in total. The third-order valence-corrected chi connectivity index (χ3v) is 6.45. The molecule has 0 aliphatic carbocycles. The van der Waals surface area contributed by atoms with Gasteiger partial charge in [-0.1, -0.05) is 30.3 Å². The molecule has 1 fully saturated rings. The smallest absolute Gasteiger partial charge is 0.229 e. The molecule has 0 radical (unpaired) electrons. The van der Waals surface area contributed by atoms with Crippen molar-refractivity contribution in [3.05, 3.63) is 73.1 Å². The Balaban J connectivity index is 1.28. The average Bonchev–Trinajstić information content (AvgIpc) is 3.44. The van der Waals surface area contributed by atoms with Crippen molar-refractivity contribution in [2.45, 2.75) is 19.8 Å². The minimum absolute atomic E-state index is 0.108. The quantitative estimate of drug-likeness (QED) is 0.383. The number of benzene rings is 2. The number of nitrogens with zero attached hydrogens (tertiary/aromatic N) is 5. The lowest BCUT2D eigenvalue weighted by atomic mass is 9.97. The molecule has 2 aromatic carbocycles. The van der Waals surface area contributed by atoms with Crippen LogP contribution in [0.2, 0.25) is 0 Å². The fourth-order valence-electron chi connectivity index (χ4n) is 4.63. The zero-order valence-corrected chi connectivity index (χ0v) is 21.3. The van der Waals surface area contributed by atoms with Crippen LogP contribution < -0.4 is 20.3 Å². The molecule has 5 rings (SSSR count). The van der Waals surface area contributed by atoms with Crippen LogP contribution in [0.1, 0.15) is 19.8 Å². The molecule has 38 heavy (non-hydrogen) atoms. The number of amides is 2. The fraction of sp³-hybridized carbons (Fsp3) is 0.250. The molecule has 0 saturated carbocycles. The molecule has 2 aromatic heterocycles. The van der Waals surface area contributed by atoms with E-state index < -0.39 is 0 Å². The number of aromatic nitrogens is 4. The second kappa shape index (κ2) is 11.1. The first-order valence-electron chi connectivity index (χ1n) is 12.5. The highest BCUT2D eigenvalue weighted by atomic mass is 16.5. The van der Waals surface area contributed by atoms with E-state index in [1.54, 1.807) is 31.5 Å². The lowest BCUT2D eigenvalue weighted by Gasteiger charge is -2.32. The molecule has 1 aliphatic heterocycles. The van der Waals surface area contributed by atoms with Crippen molar-refractivity contribution in [1.82, 2.24) is 19.7 Å². The second-order valence-electron chi connectivity index (χ2n) is 9.11. The van der Waals surface area contributed by atoms with E-state index in [-0.39, 0.29) is 17.7 Å². The fourth-order valence-corrected chi connectivity index (χ4v) is 4.63. The van der Waals surface area contributed by atoms with Crippen molar-refractivity contribution in [3.8, 4) is 23.0 Å². The highest BCUT2D eigenvalue weighted by Crippen LogP contribution is 2.30. The minimum atomic E-state index is -0.238. The summed E-state index contributed by atoms with van der Waals surface area (Å²) in [7, 11) is 1.54. The molecule has 1 atom stereocenters. The van der Waals surface area contributed by atoms with Gasteiger partial charge in [-0.25, -0.2) is 4.98 Å². The molecule has 0 bridgehead atoms. The van der Waals surface area contributed by atoms with Gasteiger partial charge in [0.25, 0.3) is 0 Å². The van der Waals surface area contributed by atoms with Crippen LogP contribution in [0.4, 0.5) is 17.2 Å². The van der Waals surface area contributed by atoms with Gasteiger partial charge >= 0.3 is 0 Å². The number of rotatable bonds is 7. The molecule has 1 saturated heterocycles. The molecule has 2 amide bonds. The van der Waals surface area contributed by atoms with E-state index in [4.69, 9.17) is 4.74 Å². The number of nitrogens with one attached hydrogen (secondary N) is 2. The van der Waals surface area contributed by atoms with Crippen molar-refractivity contribution in [2.24, 2.45) is 5.92 Å². The molecule has 194 valence electrons. The molecule has 4 aromatic rings. The van der Waals surface area contributed by atoms with Crippen molar-refractivity contribution >= 4 is 29.0 Å². The Hall–Kier alpha value is -4.73. The van der Waals surface area contributed by atoms with E-state index in [1.165, 1.54) is 6.92 Å². The highest BCUT2D eigenvalue weighted by Gasteiger charge is 2.27. The Kier molecular flexibility index (Phi) is 7.30. The summed E-state index contributed by atoms with van der Waals surface area (Å²) < 4.78 is 7.30. The van der Waals surface area contributed by atoms with Crippen LogP contribution in [0.3, 0.4) is 0 Å². The molecule has 3 heterocycles. The maximum Gasteiger partial charge on any atom is 0.229 e. The van der Waals surface area contributed by atoms with E-state index in [0.717, 1.165) is 36.6 Å². The number of carbonyl (C=O) groups excluding carboxylic acids is 2. The molecule has 2 N–H and O–H groups in total. The summed E-state index contributed by atoms with van der Waals surface area (Å²) in [6.45, 7) is 2.75.